The number of aromatic nitrogens is 2. The average Bonchev–Trinajstić information content (AvgIpc) is 2.70. The fourth-order valence-electron chi connectivity index (χ4n) is 2.07. The van der Waals surface area contributed by atoms with Gasteiger partial charge in [0.25, 0.3) is 5.56 Å². The maximum atomic E-state index is 11.9. The number of H-pyrrole nitrogens is 1. The molecule has 0 saturated carbocycles. The molecule has 1 aliphatic rings. The second kappa shape index (κ2) is 4.34. The smallest absolute Gasteiger partial charge is 0.260 e. The Labute approximate surface area is 114 Å². The fourth-order valence-corrected chi connectivity index (χ4v) is 3.30. The molecule has 1 aliphatic heterocycles. The number of nitrogens with two attached hydrogens (primary N) is 1. The minimum atomic E-state index is -3.15. The lowest BCUT2D eigenvalue weighted by Gasteiger charge is -2.10. The molecule has 1 unspecified atom stereocenters. The molecule has 1 aromatic heterocycles. The summed E-state index contributed by atoms with van der Waals surface area (Å²) >= 11 is 0. The summed E-state index contributed by atoms with van der Waals surface area (Å²) in [5, 5.41) is 4.43. The highest BCUT2D eigenvalue weighted by Gasteiger charge is 2.22. The van der Waals surface area contributed by atoms with Crippen LogP contribution < -0.4 is 16.6 Å². The molecule has 0 amide bonds. The van der Waals surface area contributed by atoms with Crippen molar-refractivity contribution < 1.29 is 8.42 Å². The van der Waals surface area contributed by atoms with E-state index in [2.05, 4.69) is 15.3 Å². The van der Waals surface area contributed by atoms with E-state index in [1.165, 1.54) is 6.08 Å². The summed E-state index contributed by atoms with van der Waals surface area (Å²) in [7, 11) is -3.15. The van der Waals surface area contributed by atoms with E-state index in [1.807, 2.05) is 0 Å². The van der Waals surface area contributed by atoms with E-state index < -0.39 is 15.9 Å². The van der Waals surface area contributed by atoms with Gasteiger partial charge < -0.3 is 11.1 Å². The highest BCUT2D eigenvalue weighted by Crippen LogP contribution is 2.15. The van der Waals surface area contributed by atoms with Gasteiger partial charge in [-0.2, -0.15) is 0 Å². The topological polar surface area (TPSA) is 118 Å². The van der Waals surface area contributed by atoms with E-state index in [9.17, 15) is 13.2 Å². The first-order valence-corrected chi connectivity index (χ1v) is 7.61. The van der Waals surface area contributed by atoms with Crippen LogP contribution in [0.3, 0.4) is 0 Å². The Kier molecular flexibility index (Phi) is 2.75. The molecular weight excluding hydrogens is 280 g/mol. The van der Waals surface area contributed by atoms with Gasteiger partial charge in [0.2, 0.25) is 5.95 Å². The zero-order valence-electron chi connectivity index (χ0n) is 10.3. The first kappa shape index (κ1) is 12.7. The second-order valence-electron chi connectivity index (χ2n) is 4.60. The molecule has 0 spiro atoms. The summed E-state index contributed by atoms with van der Waals surface area (Å²) < 4.78 is 22.6. The van der Waals surface area contributed by atoms with Gasteiger partial charge >= 0.3 is 0 Å². The molecule has 7 nitrogen and oxygen atoms in total. The number of hydrogen-bond donors (Lipinski definition) is 3. The molecule has 1 atom stereocenters. The van der Waals surface area contributed by atoms with Gasteiger partial charge in [-0.15, -0.1) is 0 Å². The molecule has 0 fully saturated rings. The molecule has 2 heterocycles. The van der Waals surface area contributed by atoms with Gasteiger partial charge in [0, 0.05) is 11.1 Å². The summed E-state index contributed by atoms with van der Waals surface area (Å²) in [6.45, 7) is 0. The van der Waals surface area contributed by atoms with E-state index in [-0.39, 0.29) is 17.3 Å². The van der Waals surface area contributed by atoms with E-state index in [4.69, 9.17) is 5.73 Å². The Morgan fingerprint density at radius 1 is 1.40 bits per heavy atom. The minimum absolute atomic E-state index is 0.0452. The Hall–Kier alpha value is -2.35. The third-order valence-electron chi connectivity index (χ3n) is 2.98. The molecular formula is C12H12N4O3S. The molecule has 104 valence electrons. The first-order valence-electron chi connectivity index (χ1n) is 5.90. The predicted molar refractivity (Wildman–Crippen MR) is 77.1 cm³/mol. The number of nitrogen functional groups attached to an aromatic ring is 1. The summed E-state index contributed by atoms with van der Waals surface area (Å²) in [5.41, 5.74) is 6.27. The first-order chi connectivity index (χ1) is 9.43. The van der Waals surface area contributed by atoms with Crippen LogP contribution in [0.5, 0.6) is 0 Å². The third kappa shape index (κ3) is 2.37. The largest absolute Gasteiger partial charge is 0.399 e. The van der Waals surface area contributed by atoms with Crippen LogP contribution in [-0.4, -0.2) is 30.2 Å². The number of sulfone groups is 1. The molecule has 4 N–H and O–H groups in total. The number of aromatic amines is 1. The number of nitrogens with zero attached hydrogens (tertiary/aromatic N) is 1. The van der Waals surface area contributed by atoms with Crippen LogP contribution in [0.4, 0.5) is 11.6 Å². The van der Waals surface area contributed by atoms with Gasteiger partial charge in [0.05, 0.1) is 22.7 Å². The van der Waals surface area contributed by atoms with Crippen molar-refractivity contribution in [3.05, 3.63) is 40.0 Å². The van der Waals surface area contributed by atoms with Crippen LogP contribution >= 0.6 is 0 Å². The van der Waals surface area contributed by atoms with E-state index in [0.717, 1.165) is 5.41 Å². The number of anilines is 2. The van der Waals surface area contributed by atoms with Crippen molar-refractivity contribution >= 4 is 32.4 Å². The molecule has 0 saturated heterocycles. The van der Waals surface area contributed by atoms with Gasteiger partial charge in [0.15, 0.2) is 9.84 Å². The highest BCUT2D eigenvalue weighted by molar-refractivity contribution is 7.94. The average molecular weight is 292 g/mol. The summed E-state index contributed by atoms with van der Waals surface area (Å²) in [5.74, 6) is 0.190. The van der Waals surface area contributed by atoms with Gasteiger partial charge in [-0.05, 0) is 24.3 Å². The standard InChI is InChI=1S/C12H12N4O3S/c13-7-1-2-10-9(5-7)11(17)16-12(15-10)14-8-3-4-20(18,19)6-8/h1-5,8H,6,13H2,(H2,14,15,16,17). The highest BCUT2D eigenvalue weighted by atomic mass is 32.2. The Morgan fingerprint density at radius 3 is 2.90 bits per heavy atom. The van der Waals surface area contributed by atoms with Crippen molar-refractivity contribution in [1.82, 2.24) is 9.97 Å². The molecule has 2 aromatic rings. The monoisotopic (exact) mass is 292 g/mol. The number of fused-ring (bicyclic) bond motifs is 1. The van der Waals surface area contributed by atoms with Crippen LogP contribution in [0.1, 0.15) is 0 Å². The quantitative estimate of drug-likeness (QED) is 0.682. The third-order valence-corrected chi connectivity index (χ3v) is 4.38. The van der Waals surface area contributed by atoms with Gasteiger partial charge in [-0.3, -0.25) is 9.78 Å². The second-order valence-corrected chi connectivity index (χ2v) is 6.53. The van der Waals surface area contributed by atoms with Crippen molar-refractivity contribution in [1.29, 1.82) is 0 Å². The number of hydrogen-bond acceptors (Lipinski definition) is 6. The minimum Gasteiger partial charge on any atom is -0.399 e. The van der Waals surface area contributed by atoms with Crippen molar-refractivity contribution in [2.75, 3.05) is 16.8 Å². The van der Waals surface area contributed by atoms with Crippen LogP contribution in [0, 0.1) is 0 Å². The summed E-state index contributed by atoms with van der Waals surface area (Å²) in [6.07, 6.45) is 1.53. The number of nitrogens with one attached hydrogen (secondary N) is 2. The lowest BCUT2D eigenvalue weighted by Crippen LogP contribution is -2.24. The number of rotatable bonds is 2. The summed E-state index contributed by atoms with van der Waals surface area (Å²) in [4.78, 5) is 18.7. The zero-order valence-corrected chi connectivity index (χ0v) is 11.1. The van der Waals surface area contributed by atoms with Crippen molar-refractivity contribution in [2.24, 2.45) is 0 Å². The number of benzene rings is 1. The zero-order chi connectivity index (χ0) is 14.3. The van der Waals surface area contributed by atoms with Crippen molar-refractivity contribution in [2.45, 2.75) is 6.04 Å². The van der Waals surface area contributed by atoms with Gasteiger partial charge in [-0.1, -0.05) is 0 Å². The van der Waals surface area contributed by atoms with Crippen molar-refractivity contribution in [3.8, 4) is 0 Å². The SMILES string of the molecule is Nc1ccc2nc(NC3C=CS(=O)(=O)C3)[nH]c(=O)c2c1. The van der Waals surface area contributed by atoms with Gasteiger partial charge in [0.1, 0.15) is 0 Å². The van der Waals surface area contributed by atoms with E-state index in [1.54, 1.807) is 18.2 Å². The molecule has 8 heteroatoms. The lowest BCUT2D eigenvalue weighted by molar-refractivity contribution is 0.605. The predicted octanol–water partition coefficient (Wildman–Crippen LogP) is 0.228. The Balaban J connectivity index is 1.96. The Morgan fingerprint density at radius 2 is 2.20 bits per heavy atom. The molecule has 0 bridgehead atoms. The van der Waals surface area contributed by atoms with Crippen LogP contribution in [0.25, 0.3) is 10.9 Å². The van der Waals surface area contributed by atoms with Crippen molar-refractivity contribution in [3.63, 3.8) is 0 Å². The van der Waals surface area contributed by atoms with Gasteiger partial charge in [-0.25, -0.2) is 13.4 Å². The van der Waals surface area contributed by atoms with Crippen LogP contribution in [0.2, 0.25) is 0 Å². The van der Waals surface area contributed by atoms with E-state index in [0.29, 0.717) is 16.6 Å². The molecule has 20 heavy (non-hydrogen) atoms. The molecule has 0 aliphatic carbocycles. The Bertz CT molecular complexity index is 870. The lowest BCUT2D eigenvalue weighted by atomic mass is 10.2. The molecule has 3 rings (SSSR count). The van der Waals surface area contributed by atoms with E-state index >= 15 is 0 Å². The van der Waals surface area contributed by atoms with Crippen LogP contribution in [0.15, 0.2) is 34.5 Å². The maximum absolute atomic E-state index is 11.9. The normalized spacial score (nSPS) is 20.3. The van der Waals surface area contributed by atoms with Crippen LogP contribution in [-0.2, 0) is 9.84 Å². The molecule has 0 radical (unpaired) electrons. The fraction of sp³-hybridized carbons (Fsp3) is 0.167. The maximum Gasteiger partial charge on any atom is 0.260 e. The molecule has 1 aromatic carbocycles. The summed E-state index contributed by atoms with van der Waals surface area (Å²) in [6, 6.07) is 4.45.